The van der Waals surface area contributed by atoms with Crippen molar-refractivity contribution in [2.45, 2.75) is 39.5 Å². The Morgan fingerprint density at radius 3 is 2.17 bits per heavy atom. The number of benzene rings is 2. The fraction of sp³-hybridized carbons (Fsp3) is 0.300. The summed E-state index contributed by atoms with van der Waals surface area (Å²) < 4.78 is 0. The Hall–Kier alpha value is -2.42. The van der Waals surface area contributed by atoms with Crippen LogP contribution in [0.3, 0.4) is 0 Å². The molecule has 0 fully saturated rings. The Morgan fingerprint density at radius 1 is 1.00 bits per heavy atom. The molecule has 2 aromatic carbocycles. The second kappa shape index (κ2) is 7.23. The van der Waals surface area contributed by atoms with Crippen LogP contribution in [0.25, 0.3) is 0 Å². The highest BCUT2D eigenvalue weighted by Crippen LogP contribution is 2.26. The van der Waals surface area contributed by atoms with Crippen molar-refractivity contribution < 1.29 is 9.63 Å². The summed E-state index contributed by atoms with van der Waals surface area (Å²) in [6.07, 6.45) is 1.04. The van der Waals surface area contributed by atoms with Crippen LogP contribution in [0, 0.1) is 0 Å². The molecule has 0 aliphatic rings. The number of nitrogens with zero attached hydrogens (tertiary/aromatic N) is 1. The van der Waals surface area contributed by atoms with Crippen LogP contribution in [0.1, 0.15) is 55.6 Å². The zero-order valence-electron chi connectivity index (χ0n) is 14.2. The second-order valence-electron chi connectivity index (χ2n) is 6.24. The van der Waals surface area contributed by atoms with Crippen molar-refractivity contribution >= 4 is 11.7 Å². The number of carbonyl (C=O) groups is 1. The molecule has 0 aromatic heterocycles. The third-order valence-electron chi connectivity index (χ3n) is 4.24. The van der Waals surface area contributed by atoms with E-state index in [2.05, 4.69) is 25.9 Å². The first-order valence-corrected chi connectivity index (χ1v) is 7.86. The standard InChI is InChI=1S/C20H23NO2/c1-5-20(3,4)18-13-11-17(12-14-18)19(22)23-21-15(2)16-9-7-6-8-10-16/h6-14H,5H2,1-4H3/b21-15-. The summed E-state index contributed by atoms with van der Waals surface area (Å²) in [6.45, 7) is 8.35. The summed E-state index contributed by atoms with van der Waals surface area (Å²) in [5, 5.41) is 3.93. The van der Waals surface area contributed by atoms with Gasteiger partial charge in [-0.3, -0.25) is 0 Å². The molecule has 120 valence electrons. The lowest BCUT2D eigenvalue weighted by Gasteiger charge is -2.23. The van der Waals surface area contributed by atoms with Crippen molar-refractivity contribution in [2.75, 3.05) is 0 Å². The molecule has 0 aliphatic carbocycles. The predicted octanol–water partition coefficient (Wildman–Crippen LogP) is 4.96. The van der Waals surface area contributed by atoms with Gasteiger partial charge in [0, 0.05) is 0 Å². The summed E-state index contributed by atoms with van der Waals surface area (Å²) in [5.74, 6) is -0.443. The summed E-state index contributed by atoms with van der Waals surface area (Å²) in [7, 11) is 0. The lowest BCUT2D eigenvalue weighted by Crippen LogP contribution is -2.15. The Bertz CT molecular complexity index is 685. The summed E-state index contributed by atoms with van der Waals surface area (Å²) in [4.78, 5) is 17.1. The van der Waals surface area contributed by atoms with Gasteiger partial charge in [0.05, 0.1) is 11.3 Å². The molecule has 0 radical (unpaired) electrons. The highest BCUT2D eigenvalue weighted by Gasteiger charge is 2.18. The molecule has 2 rings (SSSR count). The van der Waals surface area contributed by atoms with E-state index < -0.39 is 5.97 Å². The van der Waals surface area contributed by atoms with Gasteiger partial charge in [0.25, 0.3) is 0 Å². The maximum atomic E-state index is 12.1. The van der Waals surface area contributed by atoms with Gasteiger partial charge in [0.15, 0.2) is 0 Å². The third kappa shape index (κ3) is 4.28. The van der Waals surface area contributed by atoms with Gasteiger partial charge in [0.2, 0.25) is 0 Å². The molecule has 0 bridgehead atoms. The van der Waals surface area contributed by atoms with Crippen LogP contribution in [0.15, 0.2) is 59.8 Å². The Kier molecular flexibility index (Phi) is 5.32. The first-order chi connectivity index (χ1) is 10.9. The zero-order valence-corrected chi connectivity index (χ0v) is 14.2. The van der Waals surface area contributed by atoms with E-state index in [-0.39, 0.29) is 5.41 Å². The first-order valence-electron chi connectivity index (χ1n) is 7.86. The Morgan fingerprint density at radius 2 is 1.61 bits per heavy atom. The van der Waals surface area contributed by atoms with Gasteiger partial charge in [0.1, 0.15) is 0 Å². The fourth-order valence-corrected chi connectivity index (χ4v) is 2.16. The van der Waals surface area contributed by atoms with Crippen molar-refractivity contribution in [3.63, 3.8) is 0 Å². The van der Waals surface area contributed by atoms with Gasteiger partial charge in [-0.25, -0.2) is 4.79 Å². The molecule has 0 atom stereocenters. The van der Waals surface area contributed by atoms with Crippen LogP contribution in [0.2, 0.25) is 0 Å². The Labute approximate surface area is 138 Å². The second-order valence-corrected chi connectivity index (χ2v) is 6.24. The van der Waals surface area contributed by atoms with Crippen LogP contribution in [-0.2, 0) is 10.3 Å². The minimum absolute atomic E-state index is 0.102. The number of hydrogen-bond acceptors (Lipinski definition) is 3. The number of hydrogen-bond donors (Lipinski definition) is 0. The molecular formula is C20H23NO2. The van der Waals surface area contributed by atoms with E-state index in [0.717, 1.165) is 12.0 Å². The quantitative estimate of drug-likeness (QED) is 0.445. The maximum absolute atomic E-state index is 12.1. The molecule has 0 saturated heterocycles. The summed E-state index contributed by atoms with van der Waals surface area (Å²) in [5.41, 5.74) is 3.42. The molecule has 0 heterocycles. The molecular weight excluding hydrogens is 286 g/mol. The SMILES string of the molecule is CCC(C)(C)c1ccc(C(=O)O/N=C(/C)c2ccccc2)cc1. The lowest BCUT2D eigenvalue weighted by molar-refractivity contribution is 0.0516. The van der Waals surface area contributed by atoms with Crippen LogP contribution < -0.4 is 0 Å². The molecule has 3 nitrogen and oxygen atoms in total. The van der Waals surface area contributed by atoms with Crippen LogP contribution >= 0.6 is 0 Å². The van der Waals surface area contributed by atoms with Crippen molar-refractivity contribution in [3.8, 4) is 0 Å². The monoisotopic (exact) mass is 309 g/mol. The van der Waals surface area contributed by atoms with E-state index in [9.17, 15) is 4.79 Å². The lowest BCUT2D eigenvalue weighted by atomic mass is 9.82. The van der Waals surface area contributed by atoms with Crippen molar-refractivity contribution in [3.05, 3.63) is 71.3 Å². The average molecular weight is 309 g/mol. The van der Waals surface area contributed by atoms with E-state index in [1.807, 2.05) is 49.4 Å². The van der Waals surface area contributed by atoms with Crippen molar-refractivity contribution in [1.29, 1.82) is 0 Å². The first kappa shape index (κ1) is 16.9. The molecule has 0 unspecified atom stereocenters. The van der Waals surface area contributed by atoms with E-state index in [4.69, 9.17) is 4.84 Å². The molecule has 23 heavy (non-hydrogen) atoms. The van der Waals surface area contributed by atoms with Gasteiger partial charge >= 0.3 is 5.97 Å². The fourth-order valence-electron chi connectivity index (χ4n) is 2.16. The largest absolute Gasteiger partial charge is 0.365 e. The van der Waals surface area contributed by atoms with E-state index >= 15 is 0 Å². The number of carbonyl (C=O) groups excluding carboxylic acids is 1. The van der Waals surface area contributed by atoms with Crippen molar-refractivity contribution in [1.82, 2.24) is 0 Å². The average Bonchev–Trinajstić information content (AvgIpc) is 2.60. The highest BCUT2D eigenvalue weighted by molar-refractivity contribution is 5.99. The molecule has 2 aromatic rings. The molecule has 0 saturated carbocycles. The molecule has 0 amide bonds. The number of oxime groups is 1. The minimum Gasteiger partial charge on any atom is -0.313 e. The van der Waals surface area contributed by atoms with Crippen LogP contribution in [-0.4, -0.2) is 11.7 Å². The van der Waals surface area contributed by atoms with Gasteiger partial charge in [-0.1, -0.05) is 68.4 Å². The smallest absolute Gasteiger partial charge is 0.313 e. The predicted molar refractivity (Wildman–Crippen MR) is 93.8 cm³/mol. The number of rotatable bonds is 5. The molecule has 3 heteroatoms. The molecule has 0 N–H and O–H groups in total. The zero-order chi connectivity index (χ0) is 16.9. The van der Waals surface area contributed by atoms with E-state index in [0.29, 0.717) is 11.3 Å². The van der Waals surface area contributed by atoms with Crippen LogP contribution in [0.5, 0.6) is 0 Å². The maximum Gasteiger partial charge on any atom is 0.365 e. The highest BCUT2D eigenvalue weighted by atomic mass is 16.7. The topological polar surface area (TPSA) is 38.7 Å². The van der Waals surface area contributed by atoms with E-state index in [1.165, 1.54) is 5.56 Å². The van der Waals surface area contributed by atoms with Gasteiger partial charge in [-0.15, -0.1) is 0 Å². The summed E-state index contributed by atoms with van der Waals surface area (Å²) >= 11 is 0. The normalized spacial score (nSPS) is 12.1. The molecule has 0 aliphatic heterocycles. The van der Waals surface area contributed by atoms with Gasteiger partial charge < -0.3 is 4.84 Å². The van der Waals surface area contributed by atoms with Crippen LogP contribution in [0.4, 0.5) is 0 Å². The molecule has 0 spiro atoms. The third-order valence-corrected chi connectivity index (χ3v) is 4.24. The summed E-state index contributed by atoms with van der Waals surface area (Å²) in [6, 6.07) is 17.2. The Balaban J connectivity index is 2.07. The van der Waals surface area contributed by atoms with E-state index in [1.54, 1.807) is 12.1 Å². The van der Waals surface area contributed by atoms with Gasteiger partial charge in [-0.05, 0) is 42.0 Å². The minimum atomic E-state index is -0.443. The van der Waals surface area contributed by atoms with Gasteiger partial charge in [-0.2, -0.15) is 0 Å². The van der Waals surface area contributed by atoms with Crippen molar-refractivity contribution in [2.24, 2.45) is 5.16 Å².